The van der Waals surface area contributed by atoms with Crippen LogP contribution in [0, 0.1) is 0 Å². The molecular weight excluding hydrogens is 272 g/mol. The summed E-state index contributed by atoms with van der Waals surface area (Å²) in [7, 11) is 0. The van der Waals surface area contributed by atoms with Gasteiger partial charge in [-0.15, -0.1) is 11.3 Å². The van der Waals surface area contributed by atoms with E-state index in [0.29, 0.717) is 5.69 Å². The molecule has 0 saturated carbocycles. The summed E-state index contributed by atoms with van der Waals surface area (Å²) in [6.45, 7) is 3.72. The molecule has 0 unspecified atom stereocenters. The minimum atomic E-state index is -0.0284. The molecule has 0 aromatic carbocycles. The number of carbonyl (C=O) groups is 1. The first-order valence-electron chi connectivity index (χ1n) is 6.64. The molecule has 1 aliphatic heterocycles. The zero-order valence-corrected chi connectivity index (χ0v) is 12.1. The van der Waals surface area contributed by atoms with Gasteiger partial charge in [-0.2, -0.15) is 0 Å². The van der Waals surface area contributed by atoms with E-state index in [1.165, 1.54) is 11.2 Å². The largest absolute Gasteiger partial charge is 0.337 e. The van der Waals surface area contributed by atoms with Crippen molar-refractivity contribution in [3.63, 3.8) is 0 Å². The highest BCUT2D eigenvalue weighted by Crippen LogP contribution is 2.36. The van der Waals surface area contributed by atoms with Crippen LogP contribution in [0.2, 0.25) is 0 Å². The van der Waals surface area contributed by atoms with Gasteiger partial charge in [0.25, 0.3) is 5.91 Å². The van der Waals surface area contributed by atoms with Gasteiger partial charge in [-0.1, -0.05) is 6.92 Å². The van der Waals surface area contributed by atoms with E-state index in [0.717, 1.165) is 25.9 Å². The van der Waals surface area contributed by atoms with Crippen molar-refractivity contribution in [1.82, 2.24) is 19.9 Å². The molecule has 0 N–H and O–H groups in total. The summed E-state index contributed by atoms with van der Waals surface area (Å²) >= 11 is 1.70. The lowest BCUT2D eigenvalue weighted by Crippen LogP contribution is -2.44. The zero-order valence-electron chi connectivity index (χ0n) is 11.3. The van der Waals surface area contributed by atoms with Crippen molar-refractivity contribution in [2.75, 3.05) is 13.1 Å². The van der Waals surface area contributed by atoms with Crippen molar-refractivity contribution in [3.8, 4) is 0 Å². The van der Waals surface area contributed by atoms with Crippen molar-refractivity contribution >= 4 is 17.2 Å². The molecular formula is C14H16N4OS. The molecule has 0 atom stereocenters. The van der Waals surface area contributed by atoms with E-state index in [9.17, 15) is 4.79 Å². The molecule has 3 heterocycles. The zero-order chi connectivity index (χ0) is 14.0. The number of aromatic nitrogens is 3. The molecule has 2 aromatic heterocycles. The predicted octanol–water partition coefficient (Wildman–Crippen LogP) is 2.13. The van der Waals surface area contributed by atoms with E-state index in [-0.39, 0.29) is 11.3 Å². The van der Waals surface area contributed by atoms with Crippen LogP contribution >= 0.6 is 11.3 Å². The van der Waals surface area contributed by atoms with Gasteiger partial charge in [-0.25, -0.2) is 9.97 Å². The molecule has 0 bridgehead atoms. The Kier molecular flexibility index (Phi) is 3.48. The van der Waals surface area contributed by atoms with Crippen LogP contribution in [0.4, 0.5) is 0 Å². The van der Waals surface area contributed by atoms with Crippen LogP contribution in [0.3, 0.4) is 0 Å². The fourth-order valence-electron chi connectivity index (χ4n) is 2.51. The fourth-order valence-corrected chi connectivity index (χ4v) is 3.37. The van der Waals surface area contributed by atoms with Gasteiger partial charge in [0.1, 0.15) is 5.69 Å². The summed E-state index contributed by atoms with van der Waals surface area (Å²) in [4.78, 5) is 26.6. The Bertz CT molecular complexity index is 576. The van der Waals surface area contributed by atoms with Crippen LogP contribution in [0.25, 0.3) is 0 Å². The van der Waals surface area contributed by atoms with Crippen molar-refractivity contribution in [2.24, 2.45) is 0 Å². The highest BCUT2D eigenvalue weighted by Gasteiger charge is 2.35. The van der Waals surface area contributed by atoms with E-state index in [1.54, 1.807) is 23.7 Å². The van der Waals surface area contributed by atoms with Gasteiger partial charge in [0.05, 0.1) is 11.2 Å². The van der Waals surface area contributed by atoms with Crippen LogP contribution in [-0.4, -0.2) is 38.8 Å². The van der Waals surface area contributed by atoms with E-state index < -0.39 is 0 Å². The monoisotopic (exact) mass is 288 g/mol. The molecule has 1 amide bonds. The Labute approximate surface area is 121 Å². The summed E-state index contributed by atoms with van der Waals surface area (Å²) in [5.41, 5.74) is 0.512. The lowest BCUT2D eigenvalue weighted by Gasteiger charge is -2.37. The van der Waals surface area contributed by atoms with Crippen molar-refractivity contribution < 1.29 is 4.79 Å². The molecule has 6 heteroatoms. The summed E-state index contributed by atoms with van der Waals surface area (Å²) < 4.78 is 0. The molecule has 104 valence electrons. The molecule has 1 fully saturated rings. The van der Waals surface area contributed by atoms with Crippen LogP contribution in [0.15, 0.2) is 30.2 Å². The highest BCUT2D eigenvalue weighted by atomic mass is 32.1. The third kappa shape index (κ3) is 2.43. The Morgan fingerprint density at radius 2 is 2.05 bits per heavy atom. The van der Waals surface area contributed by atoms with E-state index >= 15 is 0 Å². The summed E-state index contributed by atoms with van der Waals surface area (Å²) in [6, 6.07) is 0. The van der Waals surface area contributed by atoms with E-state index in [4.69, 9.17) is 0 Å². The molecule has 0 spiro atoms. The maximum Gasteiger partial charge on any atom is 0.274 e. The van der Waals surface area contributed by atoms with E-state index in [2.05, 4.69) is 21.9 Å². The van der Waals surface area contributed by atoms with Crippen LogP contribution in [-0.2, 0) is 5.41 Å². The molecule has 2 aromatic rings. The molecule has 0 aliphatic carbocycles. The molecule has 3 rings (SSSR count). The number of amides is 1. The Balaban J connectivity index is 1.69. The maximum absolute atomic E-state index is 12.3. The Morgan fingerprint density at radius 3 is 2.65 bits per heavy atom. The molecule has 1 saturated heterocycles. The molecule has 5 nitrogen and oxygen atoms in total. The minimum absolute atomic E-state index is 0.0284. The number of hydrogen-bond donors (Lipinski definition) is 0. The van der Waals surface area contributed by atoms with Crippen LogP contribution in [0.5, 0.6) is 0 Å². The van der Waals surface area contributed by atoms with Crippen molar-refractivity contribution in [2.45, 2.75) is 25.2 Å². The number of thiazole rings is 1. The van der Waals surface area contributed by atoms with Gasteiger partial charge in [0, 0.05) is 42.5 Å². The maximum atomic E-state index is 12.3. The fraction of sp³-hybridized carbons (Fsp3) is 0.429. The smallest absolute Gasteiger partial charge is 0.274 e. The first-order valence-corrected chi connectivity index (χ1v) is 7.52. The first kappa shape index (κ1) is 13.2. The molecule has 20 heavy (non-hydrogen) atoms. The Morgan fingerprint density at radius 1 is 1.25 bits per heavy atom. The highest BCUT2D eigenvalue weighted by molar-refractivity contribution is 7.09. The van der Waals surface area contributed by atoms with E-state index in [1.807, 2.05) is 16.5 Å². The average molecular weight is 288 g/mol. The lowest BCUT2D eigenvalue weighted by molar-refractivity contribution is 0.0669. The number of carbonyl (C=O) groups excluding carboxylic acids is 1. The second-order valence-corrected chi connectivity index (χ2v) is 6.18. The number of hydrogen-bond acceptors (Lipinski definition) is 5. The lowest BCUT2D eigenvalue weighted by atomic mass is 9.81. The second-order valence-electron chi connectivity index (χ2n) is 5.28. The van der Waals surface area contributed by atoms with Gasteiger partial charge in [-0.3, -0.25) is 9.78 Å². The minimum Gasteiger partial charge on any atom is -0.337 e. The summed E-state index contributed by atoms with van der Waals surface area (Å²) in [6.07, 6.45) is 8.38. The number of likely N-dealkylation sites (tertiary alicyclic amines) is 1. The standard InChI is InChI=1S/C14H16N4OS/c1-14(13-17-6-9-20-13)2-7-18(8-3-14)12(19)11-10-15-4-5-16-11/h4-6,9-10H,2-3,7-8H2,1H3. The predicted molar refractivity (Wildman–Crippen MR) is 76.6 cm³/mol. The van der Waals surface area contributed by atoms with Crippen molar-refractivity contribution in [3.05, 3.63) is 40.9 Å². The van der Waals surface area contributed by atoms with Gasteiger partial charge < -0.3 is 4.90 Å². The third-order valence-electron chi connectivity index (χ3n) is 3.89. The SMILES string of the molecule is CC1(c2nccs2)CCN(C(=O)c2cnccn2)CC1. The average Bonchev–Trinajstić information content (AvgIpc) is 3.03. The van der Waals surface area contributed by atoms with Gasteiger partial charge >= 0.3 is 0 Å². The van der Waals surface area contributed by atoms with Crippen LogP contribution < -0.4 is 0 Å². The number of rotatable bonds is 2. The second kappa shape index (κ2) is 5.28. The third-order valence-corrected chi connectivity index (χ3v) is 4.96. The number of piperidine rings is 1. The van der Waals surface area contributed by atoms with Gasteiger partial charge in [0.15, 0.2) is 0 Å². The van der Waals surface area contributed by atoms with Gasteiger partial charge in [0.2, 0.25) is 0 Å². The first-order chi connectivity index (χ1) is 9.69. The molecule has 0 radical (unpaired) electrons. The number of nitrogens with zero attached hydrogens (tertiary/aromatic N) is 4. The quantitative estimate of drug-likeness (QED) is 0.849. The topological polar surface area (TPSA) is 59.0 Å². The summed E-state index contributed by atoms with van der Waals surface area (Å²) in [5.74, 6) is -0.0284. The van der Waals surface area contributed by atoms with Gasteiger partial charge in [-0.05, 0) is 12.8 Å². The van der Waals surface area contributed by atoms with Crippen molar-refractivity contribution in [1.29, 1.82) is 0 Å². The normalized spacial score (nSPS) is 17.9. The van der Waals surface area contributed by atoms with Crippen LogP contribution in [0.1, 0.15) is 35.3 Å². The summed E-state index contributed by atoms with van der Waals surface area (Å²) in [5, 5.41) is 3.18. The Hall–Kier alpha value is -1.82. The molecule has 1 aliphatic rings.